The van der Waals surface area contributed by atoms with Crippen molar-refractivity contribution in [3.8, 4) is 0 Å². The molecule has 3 aliphatic heterocycles. The van der Waals surface area contributed by atoms with Crippen molar-refractivity contribution in [1.29, 1.82) is 0 Å². The van der Waals surface area contributed by atoms with Gasteiger partial charge in [-0.1, -0.05) is 23.7 Å². The van der Waals surface area contributed by atoms with Crippen LogP contribution in [0.4, 0.5) is 0 Å². The van der Waals surface area contributed by atoms with E-state index in [2.05, 4.69) is 4.98 Å². The number of nitrogens with zero attached hydrogens (tertiary/aromatic N) is 2. The first kappa shape index (κ1) is 25.3. The summed E-state index contributed by atoms with van der Waals surface area (Å²) in [5.74, 6) is -1.89. The standard InChI is InChI=1S/C24H23ClN2O10/c1-11-19(15-9-33-20(14(15)8-26-11)12-2-4-13(25)5-3-12)22-24(35-18(30)7-6-17(28)29)23-21(36-22)16(10-34-23)37-27(31)32/h2-5,8,16,20-24H,6-7,9-10H2,1H3,(H,28,29)/t16-,20?,21-,22+,23-,24-/m1/s1. The first-order chi connectivity index (χ1) is 17.7. The van der Waals surface area contributed by atoms with Gasteiger partial charge in [-0.2, -0.15) is 0 Å². The van der Waals surface area contributed by atoms with Gasteiger partial charge in [0.05, 0.1) is 26.1 Å². The van der Waals surface area contributed by atoms with E-state index in [1.54, 1.807) is 25.3 Å². The van der Waals surface area contributed by atoms with E-state index < -0.39 is 60.1 Å². The third-order valence-electron chi connectivity index (χ3n) is 6.70. The largest absolute Gasteiger partial charge is 0.481 e. The second-order valence-electron chi connectivity index (χ2n) is 8.97. The highest BCUT2D eigenvalue weighted by Crippen LogP contribution is 2.47. The van der Waals surface area contributed by atoms with Gasteiger partial charge in [0.2, 0.25) is 0 Å². The Bertz CT molecular complexity index is 1220. The third-order valence-corrected chi connectivity index (χ3v) is 6.95. The van der Waals surface area contributed by atoms with Gasteiger partial charge in [-0.05, 0) is 30.2 Å². The Morgan fingerprint density at radius 3 is 2.68 bits per heavy atom. The molecule has 1 aromatic heterocycles. The highest BCUT2D eigenvalue weighted by molar-refractivity contribution is 6.30. The van der Waals surface area contributed by atoms with Crippen LogP contribution < -0.4 is 0 Å². The van der Waals surface area contributed by atoms with E-state index in [4.69, 9.17) is 40.5 Å². The monoisotopic (exact) mass is 534 g/mol. The van der Waals surface area contributed by atoms with Gasteiger partial charge in [0.1, 0.15) is 24.4 Å². The first-order valence-corrected chi connectivity index (χ1v) is 12.0. The Kier molecular flexibility index (Phi) is 6.99. The van der Waals surface area contributed by atoms with Crippen LogP contribution in [0.1, 0.15) is 53.0 Å². The van der Waals surface area contributed by atoms with Gasteiger partial charge in [0.15, 0.2) is 12.2 Å². The number of ether oxygens (including phenoxy) is 4. The van der Waals surface area contributed by atoms with E-state index in [0.717, 1.165) is 16.7 Å². The molecule has 2 fully saturated rings. The summed E-state index contributed by atoms with van der Waals surface area (Å²) in [4.78, 5) is 43.7. The fraction of sp³-hybridized carbons (Fsp3) is 0.458. The summed E-state index contributed by atoms with van der Waals surface area (Å²) in [7, 11) is 0. The van der Waals surface area contributed by atoms with Gasteiger partial charge in [-0.3, -0.25) is 14.6 Å². The molecule has 1 aromatic carbocycles. The molecule has 0 spiro atoms. The van der Waals surface area contributed by atoms with Gasteiger partial charge < -0.3 is 28.9 Å². The summed E-state index contributed by atoms with van der Waals surface area (Å²) in [6, 6.07) is 7.25. The molecule has 0 radical (unpaired) electrons. The summed E-state index contributed by atoms with van der Waals surface area (Å²) in [6.07, 6.45) is -4.10. The van der Waals surface area contributed by atoms with Crippen LogP contribution in [0.5, 0.6) is 0 Å². The number of pyridine rings is 1. The second-order valence-corrected chi connectivity index (χ2v) is 9.41. The van der Waals surface area contributed by atoms with E-state index >= 15 is 0 Å². The zero-order chi connectivity index (χ0) is 26.3. The van der Waals surface area contributed by atoms with Crippen LogP contribution in [-0.2, 0) is 40.0 Å². The number of aryl methyl sites for hydroxylation is 1. The van der Waals surface area contributed by atoms with Crippen LogP contribution in [0.3, 0.4) is 0 Å². The molecule has 2 saturated heterocycles. The highest BCUT2D eigenvalue weighted by atomic mass is 35.5. The van der Waals surface area contributed by atoms with E-state index in [1.807, 2.05) is 12.1 Å². The maximum Gasteiger partial charge on any atom is 0.306 e. The molecule has 1 unspecified atom stereocenters. The zero-order valence-corrected chi connectivity index (χ0v) is 20.3. The number of aliphatic carboxylic acids is 1. The molecular formula is C24H23ClN2O10. The lowest BCUT2D eigenvalue weighted by Gasteiger charge is -2.25. The number of carbonyl (C=O) groups is 2. The second kappa shape index (κ2) is 10.2. The molecule has 0 amide bonds. The Balaban J connectivity index is 1.49. The maximum atomic E-state index is 12.5. The van der Waals surface area contributed by atoms with E-state index in [1.165, 1.54) is 0 Å². The van der Waals surface area contributed by atoms with Crippen LogP contribution in [0.15, 0.2) is 30.5 Å². The number of aromatic nitrogens is 1. The van der Waals surface area contributed by atoms with Crippen molar-refractivity contribution < 1.29 is 43.6 Å². The van der Waals surface area contributed by atoms with E-state index in [-0.39, 0.29) is 19.6 Å². The summed E-state index contributed by atoms with van der Waals surface area (Å²) < 4.78 is 23.7. The molecule has 0 saturated carbocycles. The number of carboxylic acids is 1. The van der Waals surface area contributed by atoms with Crippen molar-refractivity contribution in [2.45, 2.75) is 63.0 Å². The van der Waals surface area contributed by atoms with Gasteiger partial charge in [-0.25, -0.2) is 0 Å². The number of rotatable bonds is 8. The van der Waals surface area contributed by atoms with Crippen LogP contribution in [0, 0.1) is 17.0 Å². The molecule has 2 aromatic rings. The summed E-state index contributed by atoms with van der Waals surface area (Å²) in [5, 5.41) is 19.6. The van der Waals surface area contributed by atoms with Gasteiger partial charge in [0, 0.05) is 28.0 Å². The minimum atomic E-state index is -1.14. The van der Waals surface area contributed by atoms with Crippen LogP contribution in [-0.4, -0.2) is 58.1 Å². The lowest BCUT2D eigenvalue weighted by Crippen LogP contribution is -2.36. The minimum absolute atomic E-state index is 0.127. The molecule has 37 heavy (non-hydrogen) atoms. The van der Waals surface area contributed by atoms with Crippen molar-refractivity contribution in [1.82, 2.24) is 4.98 Å². The summed E-state index contributed by atoms with van der Waals surface area (Å²) in [5.41, 5.74) is 3.71. The van der Waals surface area contributed by atoms with Gasteiger partial charge >= 0.3 is 11.9 Å². The molecule has 6 atom stereocenters. The smallest absolute Gasteiger partial charge is 0.306 e. The zero-order valence-electron chi connectivity index (χ0n) is 19.6. The predicted molar refractivity (Wildman–Crippen MR) is 123 cm³/mol. The van der Waals surface area contributed by atoms with E-state index in [9.17, 15) is 19.7 Å². The molecule has 3 aliphatic rings. The molecule has 1 N–H and O–H groups in total. The normalized spacial score (nSPS) is 27.9. The molecule has 4 heterocycles. The van der Waals surface area contributed by atoms with Gasteiger partial charge in [0.25, 0.3) is 5.09 Å². The predicted octanol–water partition coefficient (Wildman–Crippen LogP) is 2.86. The van der Waals surface area contributed by atoms with Crippen LogP contribution in [0.2, 0.25) is 5.02 Å². The minimum Gasteiger partial charge on any atom is -0.481 e. The number of hydrogen-bond acceptors (Lipinski definition) is 10. The molecular weight excluding hydrogens is 512 g/mol. The number of fused-ring (bicyclic) bond motifs is 2. The Morgan fingerprint density at radius 2 is 1.97 bits per heavy atom. The lowest BCUT2D eigenvalue weighted by atomic mass is 9.91. The Hall–Kier alpha value is -3.32. The summed E-state index contributed by atoms with van der Waals surface area (Å²) >= 11 is 6.03. The number of esters is 1. The summed E-state index contributed by atoms with van der Waals surface area (Å²) in [6.45, 7) is 1.88. The van der Waals surface area contributed by atoms with Crippen LogP contribution >= 0.6 is 11.6 Å². The highest BCUT2D eigenvalue weighted by Gasteiger charge is 2.57. The number of carbonyl (C=O) groups excluding carboxylic acids is 1. The topological polar surface area (TPSA) is 157 Å². The Labute approximate surface area is 215 Å². The molecule has 196 valence electrons. The number of hydrogen-bond donors (Lipinski definition) is 1. The van der Waals surface area contributed by atoms with Crippen molar-refractivity contribution in [2.75, 3.05) is 6.61 Å². The van der Waals surface area contributed by atoms with E-state index in [0.29, 0.717) is 16.3 Å². The Morgan fingerprint density at radius 1 is 1.22 bits per heavy atom. The number of benzene rings is 1. The molecule has 12 nitrogen and oxygen atoms in total. The SMILES string of the molecule is Cc1ncc2c(c1[C@@H]1O[C@H]3[C@@H](OC[C@H]3O[N+](=O)[O-])[C@@H]1OC(=O)CCC(=O)O)COC2c1ccc(Cl)cc1. The first-order valence-electron chi connectivity index (χ1n) is 11.6. The van der Waals surface area contributed by atoms with Crippen molar-refractivity contribution in [3.05, 3.63) is 73.5 Å². The lowest BCUT2D eigenvalue weighted by molar-refractivity contribution is -0.769. The average molecular weight is 535 g/mol. The van der Waals surface area contributed by atoms with Gasteiger partial charge in [-0.15, -0.1) is 10.1 Å². The van der Waals surface area contributed by atoms with Crippen molar-refractivity contribution in [2.24, 2.45) is 0 Å². The number of halogens is 1. The quantitative estimate of drug-likeness (QED) is 0.301. The average Bonchev–Trinajstić information content (AvgIpc) is 3.53. The molecule has 5 rings (SSSR count). The molecule has 0 aliphatic carbocycles. The van der Waals surface area contributed by atoms with Crippen molar-refractivity contribution in [3.63, 3.8) is 0 Å². The fourth-order valence-corrected chi connectivity index (χ4v) is 5.20. The maximum absolute atomic E-state index is 12.5. The fourth-order valence-electron chi connectivity index (χ4n) is 5.08. The van der Waals surface area contributed by atoms with Crippen molar-refractivity contribution >= 4 is 23.5 Å². The number of carboxylic acid groups (broad SMARTS) is 1. The van der Waals surface area contributed by atoms with Crippen LogP contribution in [0.25, 0.3) is 0 Å². The molecule has 0 bridgehead atoms. The molecule has 13 heteroatoms. The third kappa shape index (κ3) is 4.97.